The maximum Gasteiger partial charge on any atom is 0.338 e. The van der Waals surface area contributed by atoms with E-state index in [9.17, 15) is 9.59 Å². The normalized spacial score (nSPS) is 10.8. The monoisotopic (exact) mass is 1210 g/mol. The van der Waals surface area contributed by atoms with Gasteiger partial charge in [0.1, 0.15) is 0 Å². The number of ether oxygens (including phenoxy) is 2. The van der Waals surface area contributed by atoms with Gasteiger partial charge in [0.25, 0.3) is 0 Å². The molecule has 8 heteroatoms. The van der Waals surface area contributed by atoms with E-state index in [-0.39, 0.29) is 11.9 Å². The van der Waals surface area contributed by atoms with Crippen LogP contribution in [0.5, 0.6) is 0 Å². The molecule has 0 aliphatic heterocycles. The largest absolute Gasteiger partial charge is 0.462 e. The summed E-state index contributed by atoms with van der Waals surface area (Å²) in [4.78, 5) is 34.1. The minimum absolute atomic E-state index is 0.312. The zero-order chi connectivity index (χ0) is 64.3. The van der Waals surface area contributed by atoms with Gasteiger partial charge in [-0.15, -0.1) is 0 Å². The van der Waals surface area contributed by atoms with Crippen molar-refractivity contribution < 1.29 is 19.1 Å². The molecule has 8 nitrogen and oxygen atoms in total. The predicted octanol–water partition coefficient (Wildman–Crippen LogP) is 23.2. The van der Waals surface area contributed by atoms with Crippen molar-refractivity contribution in [3.05, 3.63) is 311 Å². The number of carbonyl (C=O) groups excluding carboxylic acids is 2. The lowest BCUT2D eigenvalue weighted by molar-refractivity contribution is 0.0517. The standard InChI is InChI=1S/C46H48N2.C38H36N2O4/c1-5-7-9-37-15-27-43(28-16-37)47(41-23-11-35(3)12-24-41)45-31-19-39(20-32-45)40-21-33-46(34-22-40)48(42-25-13-36(4)14-26-42)44-29-17-38(18-30-44)10-8-6-2;1-5-43-37(41)29-9-7-11-35(25-29)39(31-17-13-27(3)14-18-31)33-21-23-34(24-22-33)40(32-19-15-28(4)16-20-32)36-12-8-10-30(26-36)38(42)44-6-2/h11-34H,5-10H2,1-4H3;7-26H,5-6H2,1-4H3. The smallest absolute Gasteiger partial charge is 0.338 e. The minimum Gasteiger partial charge on any atom is -0.462 e. The fourth-order valence-electron chi connectivity index (χ4n) is 11.3. The highest BCUT2D eigenvalue weighted by molar-refractivity contribution is 5.93. The lowest BCUT2D eigenvalue weighted by Gasteiger charge is -2.28. The van der Waals surface area contributed by atoms with Crippen LogP contribution in [-0.2, 0) is 22.3 Å². The fourth-order valence-corrected chi connectivity index (χ4v) is 11.3. The van der Waals surface area contributed by atoms with Crippen molar-refractivity contribution in [2.75, 3.05) is 32.8 Å². The summed E-state index contributed by atoms with van der Waals surface area (Å²) in [5, 5.41) is 0. The van der Waals surface area contributed by atoms with Crippen LogP contribution in [0.4, 0.5) is 68.2 Å². The Balaban J connectivity index is 0.000000202. The predicted molar refractivity (Wildman–Crippen MR) is 385 cm³/mol. The van der Waals surface area contributed by atoms with E-state index >= 15 is 0 Å². The number of unbranched alkanes of at least 4 members (excludes halogenated alkanes) is 2. The van der Waals surface area contributed by atoms with Gasteiger partial charge in [-0.1, -0.05) is 158 Å². The van der Waals surface area contributed by atoms with E-state index in [0.29, 0.717) is 24.3 Å². The Morgan fingerprint density at radius 3 is 0.761 bits per heavy atom. The summed E-state index contributed by atoms with van der Waals surface area (Å²) < 4.78 is 10.5. The third-order valence-corrected chi connectivity index (χ3v) is 16.4. The SMILES string of the molecule is CCCCc1ccc(N(c2ccc(C)cc2)c2ccc(-c3ccc(N(c4ccc(C)cc4)c4ccc(CCCC)cc4)cc3)cc2)cc1.CCOC(=O)c1cccc(N(c2ccc(C)cc2)c2ccc(N(c3ccc(C)cc3)c3cccc(C(=O)OCC)c3)cc2)c1. The molecule has 0 unspecified atom stereocenters. The molecular weight excluding hydrogens is 1130 g/mol. The van der Waals surface area contributed by atoms with E-state index in [1.54, 1.807) is 26.0 Å². The Morgan fingerprint density at radius 2 is 0.511 bits per heavy atom. The zero-order valence-corrected chi connectivity index (χ0v) is 54.5. The number of carbonyl (C=O) groups is 2. The molecule has 0 aliphatic carbocycles. The number of aryl methyl sites for hydroxylation is 6. The average Bonchev–Trinajstić information content (AvgIpc) is 0.876. The molecule has 0 saturated heterocycles. The Kier molecular flexibility index (Phi) is 22.0. The van der Waals surface area contributed by atoms with E-state index < -0.39 is 0 Å². The molecule has 11 rings (SSSR count). The lowest BCUT2D eigenvalue weighted by atomic mass is 10.0. The van der Waals surface area contributed by atoms with E-state index in [1.807, 2.05) is 36.4 Å². The number of hydrogen-bond acceptors (Lipinski definition) is 8. The minimum atomic E-state index is -0.354. The maximum absolute atomic E-state index is 12.6. The van der Waals surface area contributed by atoms with Crippen molar-refractivity contribution in [3.63, 3.8) is 0 Å². The van der Waals surface area contributed by atoms with Crippen LogP contribution in [0.3, 0.4) is 0 Å². The highest BCUT2D eigenvalue weighted by atomic mass is 16.5. The summed E-state index contributed by atoms with van der Waals surface area (Å²) in [6.07, 6.45) is 7.12. The second-order valence-electron chi connectivity index (χ2n) is 23.4. The maximum atomic E-state index is 12.6. The van der Waals surface area contributed by atoms with Crippen LogP contribution in [0.2, 0.25) is 0 Å². The van der Waals surface area contributed by atoms with Crippen molar-refractivity contribution in [1.29, 1.82) is 0 Å². The van der Waals surface area contributed by atoms with Crippen LogP contribution >= 0.6 is 0 Å². The van der Waals surface area contributed by atoms with Gasteiger partial charge in [-0.05, 0) is 247 Å². The average molecular weight is 1210 g/mol. The molecule has 0 aliphatic rings. The number of esters is 2. The highest BCUT2D eigenvalue weighted by Crippen LogP contribution is 2.42. The summed E-state index contributed by atoms with van der Waals surface area (Å²) in [7, 11) is 0. The molecule has 0 fully saturated rings. The Labute approximate surface area is 545 Å². The first kappa shape index (κ1) is 64.5. The number of nitrogens with zero attached hydrogens (tertiary/aromatic N) is 4. The van der Waals surface area contributed by atoms with Crippen molar-refractivity contribution in [1.82, 2.24) is 0 Å². The number of hydrogen-bond donors (Lipinski definition) is 0. The van der Waals surface area contributed by atoms with Crippen molar-refractivity contribution in [2.24, 2.45) is 0 Å². The molecule has 92 heavy (non-hydrogen) atoms. The molecule has 0 aromatic heterocycles. The molecule has 0 atom stereocenters. The van der Waals surface area contributed by atoms with Crippen LogP contribution in [0, 0.1) is 27.7 Å². The summed E-state index contributed by atoms with van der Waals surface area (Å²) >= 11 is 0. The molecule has 464 valence electrons. The van der Waals surface area contributed by atoms with Gasteiger partial charge in [-0.2, -0.15) is 0 Å². The van der Waals surface area contributed by atoms with Crippen LogP contribution in [0.15, 0.2) is 267 Å². The van der Waals surface area contributed by atoms with Gasteiger partial charge in [-0.3, -0.25) is 0 Å². The van der Waals surface area contributed by atoms with Gasteiger partial charge in [-0.25, -0.2) is 9.59 Å². The molecular formula is C84H84N4O4. The summed E-state index contributed by atoms with van der Waals surface area (Å²) in [6.45, 7) is 17.1. The van der Waals surface area contributed by atoms with E-state index in [4.69, 9.17) is 9.47 Å². The van der Waals surface area contributed by atoms with Crippen LogP contribution in [0.1, 0.15) is 107 Å². The van der Waals surface area contributed by atoms with Crippen molar-refractivity contribution >= 4 is 80.2 Å². The van der Waals surface area contributed by atoms with Gasteiger partial charge >= 0.3 is 11.9 Å². The first-order valence-electron chi connectivity index (χ1n) is 32.4. The molecule has 0 bridgehead atoms. The van der Waals surface area contributed by atoms with Gasteiger partial charge in [0.15, 0.2) is 0 Å². The second-order valence-corrected chi connectivity index (χ2v) is 23.4. The third-order valence-electron chi connectivity index (χ3n) is 16.4. The van der Waals surface area contributed by atoms with Crippen molar-refractivity contribution in [3.8, 4) is 11.1 Å². The molecule has 0 heterocycles. The topological polar surface area (TPSA) is 65.6 Å². The van der Waals surface area contributed by atoms with Gasteiger partial charge in [0.05, 0.1) is 24.3 Å². The zero-order valence-electron chi connectivity index (χ0n) is 54.5. The van der Waals surface area contributed by atoms with Gasteiger partial charge < -0.3 is 29.1 Å². The number of rotatable bonds is 23. The third kappa shape index (κ3) is 16.3. The fraction of sp³-hybridized carbons (Fsp3) is 0.190. The van der Waals surface area contributed by atoms with Crippen molar-refractivity contribution in [2.45, 2.75) is 93.9 Å². The highest BCUT2D eigenvalue weighted by Gasteiger charge is 2.21. The molecule has 11 aromatic carbocycles. The van der Waals surface area contributed by atoms with E-state index in [1.165, 1.54) is 70.4 Å². The number of benzene rings is 11. The molecule has 0 N–H and O–H groups in total. The molecule has 0 saturated carbocycles. The summed E-state index contributed by atoms with van der Waals surface area (Å²) in [6, 6.07) is 93.5. The Morgan fingerprint density at radius 1 is 0.283 bits per heavy atom. The quantitative estimate of drug-likeness (QED) is 0.0587. The Bertz CT molecular complexity index is 3860. The number of anilines is 12. The van der Waals surface area contributed by atoms with E-state index in [2.05, 4.69) is 280 Å². The van der Waals surface area contributed by atoms with Gasteiger partial charge in [0, 0.05) is 68.2 Å². The molecule has 11 aromatic rings. The first-order chi connectivity index (χ1) is 44.9. The first-order valence-corrected chi connectivity index (χ1v) is 32.4. The summed E-state index contributed by atoms with van der Waals surface area (Å²) in [5.41, 5.74) is 23.4. The van der Waals surface area contributed by atoms with Crippen LogP contribution < -0.4 is 19.6 Å². The van der Waals surface area contributed by atoms with Crippen LogP contribution in [0.25, 0.3) is 11.1 Å². The molecule has 0 radical (unpaired) electrons. The van der Waals surface area contributed by atoms with Crippen LogP contribution in [-0.4, -0.2) is 25.2 Å². The molecule has 0 amide bonds. The van der Waals surface area contributed by atoms with Gasteiger partial charge in [0.2, 0.25) is 0 Å². The summed E-state index contributed by atoms with van der Waals surface area (Å²) in [5.74, 6) is -0.709. The Hall–Kier alpha value is -10.4. The van der Waals surface area contributed by atoms with E-state index in [0.717, 1.165) is 80.8 Å². The molecule has 0 spiro atoms. The lowest BCUT2D eigenvalue weighted by Crippen LogP contribution is -2.13. The second kappa shape index (κ2) is 31.3.